The van der Waals surface area contributed by atoms with Gasteiger partial charge in [-0.1, -0.05) is 23.7 Å². The van der Waals surface area contributed by atoms with Gasteiger partial charge in [-0.3, -0.25) is 0 Å². The van der Waals surface area contributed by atoms with Crippen molar-refractivity contribution in [2.45, 2.75) is 31.8 Å². The van der Waals surface area contributed by atoms with Crippen LogP contribution in [0.15, 0.2) is 24.3 Å². The van der Waals surface area contributed by atoms with E-state index >= 15 is 0 Å². The summed E-state index contributed by atoms with van der Waals surface area (Å²) in [6, 6.07) is 8.86. The van der Waals surface area contributed by atoms with Crippen LogP contribution in [0.1, 0.15) is 31.4 Å². The number of hydrogen-bond acceptors (Lipinski definition) is 2. The van der Waals surface area contributed by atoms with Gasteiger partial charge in [0.1, 0.15) is 0 Å². The standard InChI is InChI=1S/C14H20ClNO/c1-10(11-5-7-13(15)8-6-11)16-14(9-17-2)12-3-4-12/h5-8,10,12,14,16H,3-4,9H2,1-2H3/t10-,14?/m1/s1. The van der Waals surface area contributed by atoms with Gasteiger partial charge in [0, 0.05) is 24.2 Å². The molecule has 94 valence electrons. The average molecular weight is 254 g/mol. The largest absolute Gasteiger partial charge is 0.383 e. The molecule has 17 heavy (non-hydrogen) atoms. The monoisotopic (exact) mass is 253 g/mol. The van der Waals surface area contributed by atoms with Gasteiger partial charge in [-0.05, 0) is 43.4 Å². The molecule has 2 atom stereocenters. The van der Waals surface area contributed by atoms with E-state index in [0.29, 0.717) is 12.1 Å². The first-order chi connectivity index (χ1) is 8.20. The van der Waals surface area contributed by atoms with Crippen LogP contribution in [-0.2, 0) is 4.74 Å². The quantitative estimate of drug-likeness (QED) is 0.839. The molecule has 0 spiro atoms. The lowest BCUT2D eigenvalue weighted by Crippen LogP contribution is -2.36. The molecule has 0 heterocycles. The number of nitrogens with one attached hydrogen (secondary N) is 1. The Morgan fingerprint density at radius 2 is 2.00 bits per heavy atom. The molecule has 3 heteroatoms. The maximum absolute atomic E-state index is 5.89. The fraction of sp³-hybridized carbons (Fsp3) is 0.571. The Balaban J connectivity index is 1.94. The van der Waals surface area contributed by atoms with Crippen LogP contribution in [-0.4, -0.2) is 19.8 Å². The van der Waals surface area contributed by atoms with Crippen molar-refractivity contribution in [3.05, 3.63) is 34.9 Å². The van der Waals surface area contributed by atoms with E-state index in [-0.39, 0.29) is 0 Å². The van der Waals surface area contributed by atoms with Crippen molar-refractivity contribution >= 4 is 11.6 Å². The van der Waals surface area contributed by atoms with Crippen molar-refractivity contribution in [3.63, 3.8) is 0 Å². The minimum absolute atomic E-state index is 0.341. The fourth-order valence-electron chi connectivity index (χ4n) is 2.17. The Kier molecular flexibility index (Phi) is 4.43. The highest BCUT2D eigenvalue weighted by molar-refractivity contribution is 6.30. The van der Waals surface area contributed by atoms with Gasteiger partial charge in [-0.25, -0.2) is 0 Å². The number of ether oxygens (including phenoxy) is 1. The van der Waals surface area contributed by atoms with Crippen molar-refractivity contribution < 1.29 is 4.74 Å². The summed E-state index contributed by atoms with van der Waals surface area (Å²) in [5, 5.41) is 4.44. The molecule has 2 rings (SSSR count). The molecule has 0 saturated heterocycles. The number of rotatable bonds is 6. The summed E-state index contributed by atoms with van der Waals surface area (Å²) in [5.41, 5.74) is 1.27. The van der Waals surface area contributed by atoms with Crippen molar-refractivity contribution in [1.29, 1.82) is 0 Å². The topological polar surface area (TPSA) is 21.3 Å². The first kappa shape index (κ1) is 12.9. The molecule has 2 nitrogen and oxygen atoms in total. The highest BCUT2D eigenvalue weighted by atomic mass is 35.5. The number of hydrogen-bond donors (Lipinski definition) is 1. The lowest BCUT2D eigenvalue weighted by Gasteiger charge is -2.23. The molecule has 1 aliphatic rings. The van der Waals surface area contributed by atoms with Gasteiger partial charge in [0.15, 0.2) is 0 Å². The van der Waals surface area contributed by atoms with E-state index in [4.69, 9.17) is 16.3 Å². The van der Waals surface area contributed by atoms with E-state index < -0.39 is 0 Å². The van der Waals surface area contributed by atoms with Crippen LogP contribution in [0.5, 0.6) is 0 Å². The van der Waals surface area contributed by atoms with Gasteiger partial charge >= 0.3 is 0 Å². The second-order valence-electron chi connectivity index (χ2n) is 4.84. The van der Waals surface area contributed by atoms with Crippen LogP contribution < -0.4 is 5.32 Å². The Bertz CT molecular complexity index is 348. The number of methoxy groups -OCH3 is 1. The molecule has 1 fully saturated rings. The predicted octanol–water partition coefficient (Wildman–Crippen LogP) is 3.42. The number of halogens is 1. The molecule has 1 N–H and O–H groups in total. The zero-order valence-electron chi connectivity index (χ0n) is 10.4. The molecule has 0 bridgehead atoms. The summed E-state index contributed by atoms with van der Waals surface area (Å²) >= 11 is 5.89. The second-order valence-corrected chi connectivity index (χ2v) is 5.28. The van der Waals surface area contributed by atoms with Gasteiger partial charge in [0.25, 0.3) is 0 Å². The maximum Gasteiger partial charge on any atom is 0.0618 e. The van der Waals surface area contributed by atoms with Crippen LogP contribution in [0.3, 0.4) is 0 Å². The highest BCUT2D eigenvalue weighted by Gasteiger charge is 2.31. The van der Waals surface area contributed by atoms with Gasteiger partial charge in [-0.15, -0.1) is 0 Å². The lowest BCUT2D eigenvalue weighted by atomic mass is 10.1. The molecule has 1 aromatic carbocycles. The normalized spacial score (nSPS) is 19.0. The van der Waals surface area contributed by atoms with Crippen LogP contribution in [0.4, 0.5) is 0 Å². The molecule has 1 aliphatic carbocycles. The molecular weight excluding hydrogens is 234 g/mol. The lowest BCUT2D eigenvalue weighted by molar-refractivity contribution is 0.152. The maximum atomic E-state index is 5.89. The molecule has 1 saturated carbocycles. The Labute approximate surface area is 108 Å². The van der Waals surface area contributed by atoms with Crippen molar-refractivity contribution in [2.24, 2.45) is 5.92 Å². The molecule has 1 aromatic rings. The van der Waals surface area contributed by atoms with Crippen molar-refractivity contribution in [3.8, 4) is 0 Å². The molecule has 0 aromatic heterocycles. The first-order valence-corrected chi connectivity index (χ1v) is 6.59. The highest BCUT2D eigenvalue weighted by Crippen LogP contribution is 2.33. The average Bonchev–Trinajstić information content (AvgIpc) is 3.13. The first-order valence-electron chi connectivity index (χ1n) is 6.21. The minimum atomic E-state index is 0.341. The van der Waals surface area contributed by atoms with Gasteiger partial charge < -0.3 is 10.1 Å². The SMILES string of the molecule is COCC(N[C@H](C)c1ccc(Cl)cc1)C1CC1. The predicted molar refractivity (Wildman–Crippen MR) is 71.4 cm³/mol. The van der Waals surface area contributed by atoms with Gasteiger partial charge in [0.2, 0.25) is 0 Å². The molecular formula is C14H20ClNO. The van der Waals surface area contributed by atoms with E-state index in [1.165, 1.54) is 18.4 Å². The van der Waals surface area contributed by atoms with E-state index in [9.17, 15) is 0 Å². The Hall–Kier alpha value is -0.570. The summed E-state index contributed by atoms with van der Waals surface area (Å²) in [6.07, 6.45) is 2.66. The second kappa shape index (κ2) is 5.85. The van der Waals surface area contributed by atoms with E-state index in [0.717, 1.165) is 17.5 Å². The van der Waals surface area contributed by atoms with E-state index in [1.54, 1.807) is 7.11 Å². The third kappa shape index (κ3) is 3.70. The zero-order chi connectivity index (χ0) is 12.3. The minimum Gasteiger partial charge on any atom is -0.383 e. The molecule has 0 radical (unpaired) electrons. The van der Waals surface area contributed by atoms with Crippen LogP contribution in [0.25, 0.3) is 0 Å². The van der Waals surface area contributed by atoms with Crippen LogP contribution in [0, 0.1) is 5.92 Å². The van der Waals surface area contributed by atoms with Crippen molar-refractivity contribution in [1.82, 2.24) is 5.32 Å². The van der Waals surface area contributed by atoms with Gasteiger partial charge in [-0.2, -0.15) is 0 Å². The number of benzene rings is 1. The molecule has 0 amide bonds. The Morgan fingerprint density at radius 1 is 1.35 bits per heavy atom. The summed E-state index contributed by atoms with van der Waals surface area (Å²) in [5.74, 6) is 0.796. The van der Waals surface area contributed by atoms with Crippen LogP contribution >= 0.6 is 11.6 Å². The summed E-state index contributed by atoms with van der Waals surface area (Å²) < 4.78 is 5.28. The molecule has 0 aliphatic heterocycles. The summed E-state index contributed by atoms with van der Waals surface area (Å²) in [6.45, 7) is 2.98. The molecule has 1 unspecified atom stereocenters. The van der Waals surface area contributed by atoms with Gasteiger partial charge in [0.05, 0.1) is 6.61 Å². The summed E-state index contributed by atoms with van der Waals surface area (Å²) in [7, 11) is 1.77. The van der Waals surface area contributed by atoms with Crippen molar-refractivity contribution in [2.75, 3.05) is 13.7 Å². The van der Waals surface area contributed by atoms with E-state index in [1.807, 2.05) is 12.1 Å². The Morgan fingerprint density at radius 3 is 2.53 bits per heavy atom. The smallest absolute Gasteiger partial charge is 0.0618 e. The van der Waals surface area contributed by atoms with Crippen LogP contribution in [0.2, 0.25) is 5.02 Å². The van der Waals surface area contributed by atoms with E-state index in [2.05, 4.69) is 24.4 Å². The zero-order valence-corrected chi connectivity index (χ0v) is 11.2. The fourth-order valence-corrected chi connectivity index (χ4v) is 2.29. The third-order valence-corrected chi connectivity index (χ3v) is 3.62. The summed E-state index contributed by atoms with van der Waals surface area (Å²) in [4.78, 5) is 0. The third-order valence-electron chi connectivity index (χ3n) is 3.37.